The minimum Gasteiger partial charge on any atom is -0.380 e. The summed E-state index contributed by atoms with van der Waals surface area (Å²) >= 11 is 0. The van der Waals surface area contributed by atoms with Crippen molar-refractivity contribution in [3.05, 3.63) is 0 Å². The number of likely N-dealkylation sites (tertiary alicyclic amines) is 1. The third-order valence-electron chi connectivity index (χ3n) is 3.15. The van der Waals surface area contributed by atoms with Crippen LogP contribution in [0.5, 0.6) is 0 Å². The van der Waals surface area contributed by atoms with Crippen molar-refractivity contribution >= 4 is 5.91 Å². The molecule has 0 spiro atoms. The van der Waals surface area contributed by atoms with Gasteiger partial charge in [0.05, 0.1) is 12.1 Å². The van der Waals surface area contributed by atoms with Gasteiger partial charge >= 0.3 is 0 Å². The lowest BCUT2D eigenvalue weighted by atomic mass is 10.2. The number of nitrogens with one attached hydrogen (secondary N) is 1. The Morgan fingerprint density at radius 1 is 1.50 bits per heavy atom. The average molecular weight is 198 g/mol. The molecule has 2 rings (SSSR count). The Bertz CT molecular complexity index is 214. The molecule has 2 fully saturated rings. The van der Waals surface area contributed by atoms with Crippen molar-refractivity contribution in [2.75, 3.05) is 26.7 Å². The normalized spacial score (nSPS) is 32.5. The number of rotatable bonds is 2. The average Bonchev–Trinajstić information content (AvgIpc) is 2.88. The van der Waals surface area contributed by atoms with Crippen molar-refractivity contribution < 1.29 is 9.53 Å². The van der Waals surface area contributed by atoms with Crippen LogP contribution in [0.1, 0.15) is 19.3 Å². The van der Waals surface area contributed by atoms with Gasteiger partial charge in [-0.05, 0) is 25.8 Å². The van der Waals surface area contributed by atoms with E-state index >= 15 is 0 Å². The fourth-order valence-corrected chi connectivity index (χ4v) is 2.24. The summed E-state index contributed by atoms with van der Waals surface area (Å²) in [7, 11) is 1.71. The summed E-state index contributed by atoms with van der Waals surface area (Å²) in [5.74, 6) is 0.266. The second kappa shape index (κ2) is 4.28. The number of hydrogen-bond donors (Lipinski definition) is 1. The van der Waals surface area contributed by atoms with E-state index in [1.165, 1.54) is 0 Å². The Morgan fingerprint density at radius 3 is 2.93 bits per heavy atom. The van der Waals surface area contributed by atoms with E-state index in [1.54, 1.807) is 7.11 Å². The largest absolute Gasteiger partial charge is 0.380 e. The fraction of sp³-hybridized carbons (Fsp3) is 0.900. The molecule has 0 saturated carbocycles. The molecule has 0 aromatic heterocycles. The van der Waals surface area contributed by atoms with E-state index in [1.807, 2.05) is 4.90 Å². The lowest BCUT2D eigenvalue weighted by Crippen LogP contribution is -2.42. The molecule has 2 aliphatic rings. The molecule has 0 aliphatic carbocycles. The quantitative estimate of drug-likeness (QED) is 0.678. The standard InChI is InChI=1S/C10H18N2O2/c1-14-8-4-6-12(7-8)10(13)9-3-2-5-11-9/h8-9,11H,2-7H2,1H3/t8-,9-/m0/s1. The molecule has 2 atom stereocenters. The number of nitrogens with zero attached hydrogens (tertiary/aromatic N) is 1. The van der Waals surface area contributed by atoms with Gasteiger partial charge in [-0.25, -0.2) is 0 Å². The topological polar surface area (TPSA) is 41.6 Å². The fourth-order valence-electron chi connectivity index (χ4n) is 2.24. The van der Waals surface area contributed by atoms with Gasteiger partial charge in [0.25, 0.3) is 0 Å². The Hall–Kier alpha value is -0.610. The highest BCUT2D eigenvalue weighted by molar-refractivity contribution is 5.82. The highest BCUT2D eigenvalue weighted by atomic mass is 16.5. The predicted molar refractivity (Wildman–Crippen MR) is 53.0 cm³/mol. The van der Waals surface area contributed by atoms with Crippen LogP contribution in [0, 0.1) is 0 Å². The first-order valence-electron chi connectivity index (χ1n) is 5.36. The summed E-state index contributed by atoms with van der Waals surface area (Å²) in [4.78, 5) is 13.8. The molecule has 2 heterocycles. The molecular formula is C10H18N2O2. The molecule has 4 heteroatoms. The molecule has 4 nitrogen and oxygen atoms in total. The molecule has 0 aromatic carbocycles. The molecule has 1 N–H and O–H groups in total. The van der Waals surface area contributed by atoms with Gasteiger partial charge in [-0.15, -0.1) is 0 Å². The smallest absolute Gasteiger partial charge is 0.239 e. The number of methoxy groups -OCH3 is 1. The van der Waals surface area contributed by atoms with Crippen LogP contribution in [0.25, 0.3) is 0 Å². The Morgan fingerprint density at radius 2 is 2.36 bits per heavy atom. The maximum atomic E-state index is 11.9. The lowest BCUT2D eigenvalue weighted by molar-refractivity contribution is -0.132. The van der Waals surface area contributed by atoms with Crippen LogP contribution in [0.15, 0.2) is 0 Å². The third-order valence-corrected chi connectivity index (χ3v) is 3.15. The minimum absolute atomic E-state index is 0.0746. The Labute approximate surface area is 84.6 Å². The van der Waals surface area contributed by atoms with Crippen molar-refractivity contribution in [2.24, 2.45) is 0 Å². The maximum absolute atomic E-state index is 11.9. The van der Waals surface area contributed by atoms with Crippen LogP contribution in [0.2, 0.25) is 0 Å². The maximum Gasteiger partial charge on any atom is 0.239 e. The van der Waals surface area contributed by atoms with E-state index in [2.05, 4.69) is 5.32 Å². The van der Waals surface area contributed by atoms with Gasteiger partial charge in [0.15, 0.2) is 0 Å². The molecular weight excluding hydrogens is 180 g/mol. The molecule has 0 unspecified atom stereocenters. The number of hydrogen-bond acceptors (Lipinski definition) is 3. The van der Waals surface area contributed by atoms with Crippen molar-refractivity contribution in [3.63, 3.8) is 0 Å². The van der Waals surface area contributed by atoms with Crippen molar-refractivity contribution in [2.45, 2.75) is 31.4 Å². The minimum atomic E-state index is 0.0746. The van der Waals surface area contributed by atoms with E-state index in [-0.39, 0.29) is 18.1 Å². The SMILES string of the molecule is CO[C@H]1CCN(C(=O)[C@@H]2CCCN2)C1. The Balaban J connectivity index is 1.86. The van der Waals surface area contributed by atoms with Gasteiger partial charge in [0.1, 0.15) is 0 Å². The van der Waals surface area contributed by atoms with E-state index in [0.29, 0.717) is 0 Å². The first-order valence-corrected chi connectivity index (χ1v) is 5.36. The van der Waals surface area contributed by atoms with Gasteiger partial charge in [0.2, 0.25) is 5.91 Å². The zero-order chi connectivity index (χ0) is 9.97. The zero-order valence-corrected chi connectivity index (χ0v) is 8.66. The van der Waals surface area contributed by atoms with Crippen LogP contribution >= 0.6 is 0 Å². The zero-order valence-electron chi connectivity index (χ0n) is 8.66. The summed E-state index contributed by atoms with van der Waals surface area (Å²) < 4.78 is 5.24. The van der Waals surface area contributed by atoms with Crippen LogP contribution in [-0.2, 0) is 9.53 Å². The van der Waals surface area contributed by atoms with Gasteiger partial charge < -0.3 is 15.0 Å². The first kappa shape index (κ1) is 9.93. The molecule has 2 aliphatic heterocycles. The van der Waals surface area contributed by atoms with Gasteiger partial charge in [-0.3, -0.25) is 4.79 Å². The van der Waals surface area contributed by atoms with Crippen molar-refractivity contribution in [1.29, 1.82) is 0 Å². The molecule has 1 amide bonds. The van der Waals surface area contributed by atoms with E-state index in [4.69, 9.17) is 4.74 Å². The van der Waals surface area contributed by atoms with Gasteiger partial charge in [0, 0.05) is 20.2 Å². The van der Waals surface area contributed by atoms with E-state index < -0.39 is 0 Å². The molecule has 0 aromatic rings. The second-order valence-electron chi connectivity index (χ2n) is 4.08. The summed E-state index contributed by atoms with van der Waals surface area (Å²) in [5.41, 5.74) is 0. The summed E-state index contributed by atoms with van der Waals surface area (Å²) in [6.45, 7) is 2.61. The summed E-state index contributed by atoms with van der Waals surface area (Å²) in [5, 5.41) is 3.23. The number of carbonyl (C=O) groups excluding carboxylic acids is 1. The summed E-state index contributed by atoms with van der Waals surface area (Å²) in [6, 6.07) is 0.0746. The number of amides is 1. The first-order chi connectivity index (χ1) is 6.81. The van der Waals surface area contributed by atoms with E-state index in [0.717, 1.165) is 38.9 Å². The molecule has 0 bridgehead atoms. The lowest BCUT2D eigenvalue weighted by Gasteiger charge is -2.20. The second-order valence-corrected chi connectivity index (χ2v) is 4.08. The Kier molecular flexibility index (Phi) is 3.03. The highest BCUT2D eigenvalue weighted by Crippen LogP contribution is 2.16. The highest BCUT2D eigenvalue weighted by Gasteiger charge is 2.31. The number of ether oxygens (including phenoxy) is 1. The van der Waals surface area contributed by atoms with Crippen LogP contribution in [0.4, 0.5) is 0 Å². The predicted octanol–water partition coefficient (Wildman–Crippen LogP) is -0.0143. The van der Waals surface area contributed by atoms with Crippen LogP contribution < -0.4 is 5.32 Å². The molecule has 0 radical (unpaired) electrons. The number of carbonyl (C=O) groups is 1. The molecule has 80 valence electrons. The van der Waals surface area contributed by atoms with Crippen molar-refractivity contribution in [3.8, 4) is 0 Å². The van der Waals surface area contributed by atoms with Crippen LogP contribution in [-0.4, -0.2) is 49.7 Å². The monoisotopic (exact) mass is 198 g/mol. The van der Waals surface area contributed by atoms with Gasteiger partial charge in [-0.1, -0.05) is 0 Å². The summed E-state index contributed by atoms with van der Waals surface area (Å²) in [6.07, 6.45) is 3.35. The van der Waals surface area contributed by atoms with E-state index in [9.17, 15) is 4.79 Å². The molecule has 14 heavy (non-hydrogen) atoms. The third kappa shape index (κ3) is 1.91. The van der Waals surface area contributed by atoms with Crippen molar-refractivity contribution in [1.82, 2.24) is 10.2 Å². The molecule has 2 saturated heterocycles. The van der Waals surface area contributed by atoms with Crippen LogP contribution in [0.3, 0.4) is 0 Å². The van der Waals surface area contributed by atoms with Gasteiger partial charge in [-0.2, -0.15) is 0 Å².